The Morgan fingerprint density at radius 1 is 0.684 bits per heavy atom. The van der Waals surface area contributed by atoms with Gasteiger partial charge in [-0.2, -0.15) is 0 Å². The zero-order valence-corrected chi connectivity index (χ0v) is 13.9. The lowest BCUT2D eigenvalue weighted by molar-refractivity contribution is 0.371. The van der Waals surface area contributed by atoms with Crippen LogP contribution in [-0.4, -0.2) is 9.79 Å². The van der Waals surface area contributed by atoms with Crippen molar-refractivity contribution in [3.8, 4) is 0 Å². The minimum atomic E-state index is -2.92. The first-order valence-corrected chi connectivity index (χ1v) is 9.31. The fourth-order valence-electron chi connectivity index (χ4n) is 1.62. The summed E-state index contributed by atoms with van der Waals surface area (Å²) in [4.78, 5) is 15.3. The molecule has 114 valence electrons. The quantitative estimate of drug-likeness (QED) is 0.403. The van der Waals surface area contributed by atoms with Gasteiger partial charge in [-0.25, -0.2) is 0 Å². The van der Waals surface area contributed by atoms with Gasteiger partial charge < -0.3 is 0 Å². The molecule has 0 aromatic rings. The van der Waals surface area contributed by atoms with E-state index in [-0.39, 0.29) is 0 Å². The van der Waals surface area contributed by atoms with Crippen LogP contribution >= 0.6 is 16.5 Å². The number of hydrogen-bond donors (Lipinski definition) is 2. The van der Waals surface area contributed by atoms with Gasteiger partial charge in [0.25, 0.3) is 0 Å². The summed E-state index contributed by atoms with van der Waals surface area (Å²) < 4.78 is 22.2. The van der Waals surface area contributed by atoms with E-state index in [2.05, 4.69) is 18.2 Å². The SMILES string of the molecule is CCCCCCCCCCCC.O=[P+](O)O[P+](=O)O. The molecule has 2 unspecified atom stereocenters. The van der Waals surface area contributed by atoms with E-state index < -0.39 is 16.5 Å². The summed E-state index contributed by atoms with van der Waals surface area (Å²) in [5.74, 6) is 0. The van der Waals surface area contributed by atoms with Crippen molar-refractivity contribution in [2.45, 2.75) is 78.1 Å². The van der Waals surface area contributed by atoms with Gasteiger partial charge in [0.15, 0.2) is 4.31 Å². The van der Waals surface area contributed by atoms with Crippen LogP contribution in [0.4, 0.5) is 0 Å². The molecule has 0 spiro atoms. The van der Waals surface area contributed by atoms with Crippen molar-refractivity contribution >= 4 is 16.5 Å². The molecule has 0 aromatic carbocycles. The maximum atomic E-state index is 9.39. The van der Waals surface area contributed by atoms with Crippen LogP contribution in [0.3, 0.4) is 0 Å². The highest BCUT2D eigenvalue weighted by Crippen LogP contribution is 2.30. The molecule has 0 aromatic heterocycles. The third-order valence-corrected chi connectivity index (χ3v) is 3.71. The lowest BCUT2D eigenvalue weighted by Crippen LogP contribution is -1.80. The monoisotopic (exact) mass is 314 g/mol. The Morgan fingerprint density at radius 3 is 1.11 bits per heavy atom. The second kappa shape index (κ2) is 18.1. The van der Waals surface area contributed by atoms with Gasteiger partial charge in [0.05, 0.1) is 0 Å². The topological polar surface area (TPSA) is 83.8 Å². The van der Waals surface area contributed by atoms with Gasteiger partial charge in [-0.3, -0.25) is 0 Å². The normalized spacial score (nSPS) is 11.6. The van der Waals surface area contributed by atoms with E-state index in [1.54, 1.807) is 0 Å². The average Bonchev–Trinajstić information content (AvgIpc) is 2.32. The molecule has 0 aliphatic rings. The molecule has 0 fully saturated rings. The van der Waals surface area contributed by atoms with Crippen LogP contribution < -0.4 is 0 Å². The Kier molecular flexibility index (Phi) is 20.3. The van der Waals surface area contributed by atoms with Crippen LogP contribution in [0.15, 0.2) is 0 Å². The van der Waals surface area contributed by atoms with E-state index in [0.29, 0.717) is 0 Å². The third-order valence-electron chi connectivity index (χ3n) is 2.60. The van der Waals surface area contributed by atoms with Gasteiger partial charge in [0.2, 0.25) is 0 Å². The maximum Gasteiger partial charge on any atom is 0.745 e. The smallest absolute Gasteiger partial charge is 0.131 e. The molecule has 0 amide bonds. The predicted molar refractivity (Wildman–Crippen MR) is 78.3 cm³/mol. The molecule has 0 rings (SSSR count). The maximum absolute atomic E-state index is 9.39. The summed E-state index contributed by atoms with van der Waals surface area (Å²) >= 11 is 0. The molecule has 0 heterocycles. The van der Waals surface area contributed by atoms with Gasteiger partial charge in [-0.1, -0.05) is 78.1 Å². The number of unbranched alkanes of at least 4 members (excludes halogenated alkanes) is 9. The van der Waals surface area contributed by atoms with Gasteiger partial charge in [0, 0.05) is 9.13 Å². The van der Waals surface area contributed by atoms with Gasteiger partial charge in [0.1, 0.15) is 0 Å². The van der Waals surface area contributed by atoms with Crippen molar-refractivity contribution in [1.82, 2.24) is 0 Å². The van der Waals surface area contributed by atoms with Gasteiger partial charge in [-0.15, -0.1) is 9.79 Å². The van der Waals surface area contributed by atoms with Crippen LogP contribution in [0.1, 0.15) is 78.1 Å². The minimum absolute atomic E-state index is 1.37. The lowest BCUT2D eigenvalue weighted by atomic mass is 10.1. The molecule has 2 N–H and O–H groups in total. The van der Waals surface area contributed by atoms with Crippen LogP contribution in [0.5, 0.6) is 0 Å². The minimum Gasteiger partial charge on any atom is -0.131 e. The van der Waals surface area contributed by atoms with Crippen LogP contribution in [0.2, 0.25) is 0 Å². The second-order valence-corrected chi connectivity index (χ2v) is 5.99. The molecule has 0 saturated heterocycles. The first-order valence-electron chi connectivity index (χ1n) is 7.04. The first-order chi connectivity index (χ1) is 9.04. The van der Waals surface area contributed by atoms with E-state index in [0.717, 1.165) is 0 Å². The van der Waals surface area contributed by atoms with Crippen molar-refractivity contribution in [2.75, 3.05) is 0 Å². The molecule has 19 heavy (non-hydrogen) atoms. The molecule has 0 bridgehead atoms. The largest absolute Gasteiger partial charge is 0.745 e. The number of rotatable bonds is 11. The highest BCUT2D eigenvalue weighted by Gasteiger charge is 2.31. The third kappa shape index (κ3) is 27.3. The summed E-state index contributed by atoms with van der Waals surface area (Å²) in [6.07, 6.45) is 14.4. The van der Waals surface area contributed by atoms with E-state index in [1.807, 2.05) is 0 Å². The summed E-state index contributed by atoms with van der Waals surface area (Å²) in [6.45, 7) is 4.56. The average molecular weight is 314 g/mol. The fraction of sp³-hybridized carbons (Fsp3) is 1.00. The fourth-order valence-corrected chi connectivity index (χ4v) is 2.10. The molecule has 5 nitrogen and oxygen atoms in total. The molecular weight excluding hydrogens is 286 g/mol. The first kappa shape index (κ1) is 21.4. The summed E-state index contributed by atoms with van der Waals surface area (Å²) in [5.41, 5.74) is 0. The summed E-state index contributed by atoms with van der Waals surface area (Å²) in [6, 6.07) is 0. The lowest BCUT2D eigenvalue weighted by Gasteiger charge is -1.99. The zero-order valence-electron chi connectivity index (χ0n) is 12.1. The Balaban J connectivity index is 0. The van der Waals surface area contributed by atoms with E-state index >= 15 is 0 Å². The highest BCUT2D eigenvalue weighted by atomic mass is 31.2. The van der Waals surface area contributed by atoms with Crippen LogP contribution in [0.25, 0.3) is 0 Å². The van der Waals surface area contributed by atoms with Gasteiger partial charge in [-0.05, 0) is 0 Å². The van der Waals surface area contributed by atoms with E-state index in [1.165, 1.54) is 64.2 Å². The molecule has 2 atom stereocenters. The van der Waals surface area contributed by atoms with Gasteiger partial charge >= 0.3 is 16.5 Å². The standard InChI is InChI=1S/C12H26.O5P2/c1-3-5-7-9-11-12-10-8-6-4-2;1-6(2)5-7(3)4/h3-12H2,1-2H3;/p+2. The van der Waals surface area contributed by atoms with E-state index in [4.69, 9.17) is 9.79 Å². The molecule has 0 radical (unpaired) electrons. The van der Waals surface area contributed by atoms with Crippen molar-refractivity contribution in [1.29, 1.82) is 0 Å². The Labute approximate surface area is 118 Å². The molecule has 7 heteroatoms. The summed E-state index contributed by atoms with van der Waals surface area (Å²) in [7, 11) is -5.85. The van der Waals surface area contributed by atoms with Crippen LogP contribution in [0, 0.1) is 0 Å². The van der Waals surface area contributed by atoms with Crippen molar-refractivity contribution in [2.24, 2.45) is 0 Å². The Bertz CT molecular complexity index is 202. The highest BCUT2D eigenvalue weighted by molar-refractivity contribution is 7.46. The van der Waals surface area contributed by atoms with Crippen molar-refractivity contribution in [3.63, 3.8) is 0 Å². The number of hydrogen-bond acceptors (Lipinski definition) is 3. The molecule has 0 aliphatic carbocycles. The zero-order chi connectivity index (χ0) is 14.9. The van der Waals surface area contributed by atoms with Crippen molar-refractivity contribution < 1.29 is 23.2 Å². The van der Waals surface area contributed by atoms with Crippen LogP contribution in [-0.2, 0) is 13.4 Å². The molecule has 0 saturated carbocycles. The van der Waals surface area contributed by atoms with Crippen molar-refractivity contribution in [3.05, 3.63) is 0 Å². The molecule has 0 aliphatic heterocycles. The summed E-state index contributed by atoms with van der Waals surface area (Å²) in [5, 5.41) is 0. The van der Waals surface area contributed by atoms with E-state index in [9.17, 15) is 9.13 Å². The Morgan fingerprint density at radius 2 is 0.947 bits per heavy atom. The second-order valence-electron chi connectivity index (χ2n) is 4.39. The molecular formula is C12H28O5P2+2. The Hall–Kier alpha value is 0.0800. The predicted octanol–water partition coefficient (Wildman–Crippen LogP) is 5.23.